The molecule has 0 saturated heterocycles. The Morgan fingerprint density at radius 1 is 1.00 bits per heavy atom. The molecular formula is C27H28N2O5. The first kappa shape index (κ1) is 24.5. The van der Waals surface area contributed by atoms with Crippen LogP contribution in [-0.4, -0.2) is 31.8 Å². The number of rotatable bonds is 9. The maximum Gasteiger partial charge on any atom is 0.343 e. The lowest BCUT2D eigenvalue weighted by Crippen LogP contribution is -2.25. The topological polar surface area (TPSA) is 86.2 Å². The van der Waals surface area contributed by atoms with Crippen LogP contribution in [0.2, 0.25) is 0 Å². The molecule has 0 fully saturated rings. The molecule has 0 aromatic heterocycles. The van der Waals surface area contributed by atoms with E-state index in [0.29, 0.717) is 28.4 Å². The van der Waals surface area contributed by atoms with Crippen LogP contribution in [-0.2, 0) is 4.79 Å². The predicted octanol–water partition coefficient (Wildman–Crippen LogP) is 4.88. The van der Waals surface area contributed by atoms with Crippen molar-refractivity contribution >= 4 is 18.1 Å². The maximum atomic E-state index is 12.3. The van der Waals surface area contributed by atoms with Gasteiger partial charge in [-0.3, -0.25) is 4.79 Å². The van der Waals surface area contributed by atoms with E-state index in [1.807, 2.05) is 25.1 Å². The van der Waals surface area contributed by atoms with Crippen LogP contribution in [0.4, 0.5) is 0 Å². The number of amides is 1. The summed E-state index contributed by atoms with van der Waals surface area (Å²) in [4.78, 5) is 24.5. The minimum Gasteiger partial charge on any atom is -0.497 e. The zero-order valence-corrected chi connectivity index (χ0v) is 19.7. The van der Waals surface area contributed by atoms with Gasteiger partial charge in [0.15, 0.2) is 6.61 Å². The van der Waals surface area contributed by atoms with Crippen molar-refractivity contribution in [2.75, 3.05) is 13.7 Å². The van der Waals surface area contributed by atoms with Gasteiger partial charge in [-0.25, -0.2) is 10.2 Å². The second-order valence-electron chi connectivity index (χ2n) is 7.97. The fourth-order valence-corrected chi connectivity index (χ4v) is 3.15. The van der Waals surface area contributed by atoms with Gasteiger partial charge < -0.3 is 14.2 Å². The van der Waals surface area contributed by atoms with Gasteiger partial charge >= 0.3 is 5.97 Å². The highest BCUT2D eigenvalue weighted by atomic mass is 16.5. The standard InChI is InChI=1S/C27H28N2O5/c1-18(2)24-13-8-19(3)14-25(24)33-17-26(30)29-28-16-20-6-5-7-23(15-20)34-27(31)21-9-11-22(32-4)12-10-21/h5-16,18H,17H2,1-4H3,(H,29,30). The molecule has 0 radical (unpaired) electrons. The number of aryl methyl sites for hydroxylation is 1. The Morgan fingerprint density at radius 3 is 2.47 bits per heavy atom. The quantitative estimate of drug-likeness (QED) is 0.213. The van der Waals surface area contributed by atoms with E-state index in [-0.39, 0.29) is 18.4 Å². The molecule has 3 aromatic carbocycles. The molecule has 0 heterocycles. The van der Waals surface area contributed by atoms with Crippen LogP contribution in [0.25, 0.3) is 0 Å². The van der Waals surface area contributed by atoms with Crippen LogP contribution in [0.1, 0.15) is 46.8 Å². The van der Waals surface area contributed by atoms with E-state index in [2.05, 4.69) is 24.4 Å². The van der Waals surface area contributed by atoms with Gasteiger partial charge in [-0.1, -0.05) is 38.1 Å². The minimum atomic E-state index is -0.487. The number of hydrogen-bond acceptors (Lipinski definition) is 6. The van der Waals surface area contributed by atoms with E-state index in [1.54, 1.807) is 55.6 Å². The molecule has 0 bridgehead atoms. The molecule has 1 amide bonds. The number of benzene rings is 3. The van der Waals surface area contributed by atoms with Gasteiger partial charge in [0.05, 0.1) is 18.9 Å². The molecule has 0 atom stereocenters. The Balaban J connectivity index is 1.54. The average molecular weight is 461 g/mol. The van der Waals surface area contributed by atoms with Crippen LogP contribution < -0.4 is 19.6 Å². The van der Waals surface area contributed by atoms with E-state index >= 15 is 0 Å². The zero-order chi connectivity index (χ0) is 24.5. The highest BCUT2D eigenvalue weighted by Gasteiger charge is 2.11. The Morgan fingerprint density at radius 2 is 1.76 bits per heavy atom. The third-order valence-electron chi connectivity index (χ3n) is 4.95. The summed E-state index contributed by atoms with van der Waals surface area (Å²) in [5.74, 6) is 1.12. The van der Waals surface area contributed by atoms with E-state index in [9.17, 15) is 9.59 Å². The summed E-state index contributed by atoms with van der Waals surface area (Å²) >= 11 is 0. The Hall–Kier alpha value is -4.13. The van der Waals surface area contributed by atoms with E-state index < -0.39 is 5.97 Å². The first-order chi connectivity index (χ1) is 16.4. The molecule has 0 unspecified atom stereocenters. The van der Waals surface area contributed by atoms with Crippen molar-refractivity contribution < 1.29 is 23.8 Å². The SMILES string of the molecule is COc1ccc(C(=O)Oc2cccc(C=NNC(=O)COc3cc(C)ccc3C(C)C)c2)cc1. The van der Waals surface area contributed by atoms with Gasteiger partial charge in [-0.05, 0) is 72.0 Å². The first-order valence-electron chi connectivity index (χ1n) is 10.9. The Bertz CT molecular complexity index is 1170. The average Bonchev–Trinajstić information content (AvgIpc) is 2.83. The Kier molecular flexibility index (Phi) is 8.40. The number of esters is 1. The molecule has 7 nitrogen and oxygen atoms in total. The molecule has 0 aliphatic heterocycles. The van der Waals surface area contributed by atoms with Crippen LogP contribution in [0, 0.1) is 6.92 Å². The molecule has 3 aromatic rings. The fourth-order valence-electron chi connectivity index (χ4n) is 3.15. The third-order valence-corrected chi connectivity index (χ3v) is 4.95. The van der Waals surface area contributed by atoms with Crippen molar-refractivity contribution in [3.05, 3.63) is 89.0 Å². The van der Waals surface area contributed by atoms with Crippen molar-refractivity contribution in [3.63, 3.8) is 0 Å². The predicted molar refractivity (Wildman–Crippen MR) is 131 cm³/mol. The number of carbonyl (C=O) groups is 2. The van der Waals surface area contributed by atoms with Gasteiger partial charge in [-0.15, -0.1) is 0 Å². The number of methoxy groups -OCH3 is 1. The molecule has 1 N–H and O–H groups in total. The highest BCUT2D eigenvalue weighted by Crippen LogP contribution is 2.27. The minimum absolute atomic E-state index is 0.153. The molecule has 0 saturated carbocycles. The second-order valence-corrected chi connectivity index (χ2v) is 7.97. The molecule has 7 heteroatoms. The molecule has 0 aliphatic rings. The fraction of sp³-hybridized carbons (Fsp3) is 0.222. The number of ether oxygens (including phenoxy) is 3. The maximum absolute atomic E-state index is 12.3. The normalized spacial score (nSPS) is 10.9. The Labute approximate surface area is 199 Å². The summed E-state index contributed by atoms with van der Waals surface area (Å²) in [6.07, 6.45) is 1.47. The largest absolute Gasteiger partial charge is 0.497 e. The molecular weight excluding hydrogens is 432 g/mol. The summed E-state index contributed by atoms with van der Waals surface area (Å²) in [5, 5.41) is 3.97. The van der Waals surface area contributed by atoms with Crippen molar-refractivity contribution in [2.24, 2.45) is 5.10 Å². The smallest absolute Gasteiger partial charge is 0.343 e. The van der Waals surface area contributed by atoms with Crippen LogP contribution in [0.3, 0.4) is 0 Å². The van der Waals surface area contributed by atoms with Crippen molar-refractivity contribution in [1.82, 2.24) is 5.43 Å². The van der Waals surface area contributed by atoms with Crippen molar-refractivity contribution in [1.29, 1.82) is 0 Å². The van der Waals surface area contributed by atoms with E-state index in [4.69, 9.17) is 14.2 Å². The molecule has 34 heavy (non-hydrogen) atoms. The summed E-state index contributed by atoms with van der Waals surface area (Å²) in [7, 11) is 1.56. The first-order valence-corrected chi connectivity index (χ1v) is 10.9. The number of hydrazone groups is 1. The monoisotopic (exact) mass is 460 g/mol. The van der Waals surface area contributed by atoms with Gasteiger partial charge in [0.1, 0.15) is 17.2 Å². The zero-order valence-electron chi connectivity index (χ0n) is 19.7. The van der Waals surface area contributed by atoms with Gasteiger partial charge in [0.2, 0.25) is 0 Å². The van der Waals surface area contributed by atoms with E-state index in [1.165, 1.54) is 6.21 Å². The number of nitrogens with zero attached hydrogens (tertiary/aromatic N) is 1. The van der Waals surface area contributed by atoms with Crippen molar-refractivity contribution in [2.45, 2.75) is 26.7 Å². The summed E-state index contributed by atoms with van der Waals surface area (Å²) in [5.41, 5.74) is 5.61. The highest BCUT2D eigenvalue weighted by molar-refractivity contribution is 5.91. The lowest BCUT2D eigenvalue weighted by Gasteiger charge is -2.14. The summed E-state index contributed by atoms with van der Waals surface area (Å²) in [6, 6.07) is 19.4. The van der Waals surface area contributed by atoms with Crippen LogP contribution >= 0.6 is 0 Å². The summed E-state index contributed by atoms with van der Waals surface area (Å²) in [6.45, 7) is 5.97. The van der Waals surface area contributed by atoms with Crippen LogP contribution in [0.15, 0.2) is 71.8 Å². The lowest BCUT2D eigenvalue weighted by atomic mass is 10.0. The molecule has 3 rings (SSSR count). The van der Waals surface area contributed by atoms with Gasteiger partial charge in [0, 0.05) is 0 Å². The molecule has 176 valence electrons. The molecule has 0 spiro atoms. The molecule has 0 aliphatic carbocycles. The third kappa shape index (κ3) is 6.93. The summed E-state index contributed by atoms with van der Waals surface area (Å²) < 4.78 is 16.2. The van der Waals surface area contributed by atoms with Gasteiger partial charge in [0.25, 0.3) is 5.91 Å². The van der Waals surface area contributed by atoms with Gasteiger partial charge in [-0.2, -0.15) is 5.10 Å². The number of hydrogen-bond donors (Lipinski definition) is 1. The van der Waals surface area contributed by atoms with Crippen LogP contribution in [0.5, 0.6) is 17.2 Å². The second kappa shape index (κ2) is 11.7. The number of nitrogens with one attached hydrogen (secondary N) is 1. The van der Waals surface area contributed by atoms with Crippen molar-refractivity contribution in [3.8, 4) is 17.2 Å². The number of carbonyl (C=O) groups excluding carboxylic acids is 2. The van der Waals surface area contributed by atoms with E-state index in [0.717, 1.165) is 11.1 Å². The lowest BCUT2D eigenvalue weighted by molar-refractivity contribution is -0.123.